The predicted molar refractivity (Wildman–Crippen MR) is 58.9 cm³/mol. The summed E-state index contributed by atoms with van der Waals surface area (Å²) in [4.78, 5) is 11.4. The second-order valence-corrected chi connectivity index (χ2v) is 4.86. The molecular weight excluding hydrogens is 184 g/mol. The van der Waals surface area contributed by atoms with E-state index >= 15 is 0 Å². The highest BCUT2D eigenvalue weighted by molar-refractivity contribution is 7.98. The maximum absolute atomic E-state index is 11.4. The minimum absolute atomic E-state index is 0.0823. The van der Waals surface area contributed by atoms with Gasteiger partial charge in [0.25, 0.3) is 0 Å². The van der Waals surface area contributed by atoms with Gasteiger partial charge in [0.1, 0.15) is 0 Å². The van der Waals surface area contributed by atoms with Crippen LogP contribution in [0.5, 0.6) is 0 Å². The Balaban J connectivity index is 3.79. The van der Waals surface area contributed by atoms with Gasteiger partial charge in [0, 0.05) is 6.04 Å². The van der Waals surface area contributed by atoms with Gasteiger partial charge in [0.05, 0.1) is 5.54 Å². The molecule has 0 bridgehead atoms. The largest absolute Gasteiger partial charge is 0.352 e. The highest BCUT2D eigenvalue weighted by Crippen LogP contribution is 2.02. The molecule has 0 saturated carbocycles. The molecule has 0 radical (unpaired) electrons. The maximum atomic E-state index is 11.4. The first-order valence-corrected chi connectivity index (χ1v) is 5.86. The summed E-state index contributed by atoms with van der Waals surface area (Å²) in [6, 6.07) is 0.211. The van der Waals surface area contributed by atoms with Crippen molar-refractivity contribution in [1.29, 1.82) is 0 Å². The molecule has 0 aromatic carbocycles. The average Bonchev–Trinajstić information content (AvgIpc) is 1.99. The van der Waals surface area contributed by atoms with Crippen molar-refractivity contribution < 1.29 is 4.79 Å². The van der Waals surface area contributed by atoms with Crippen molar-refractivity contribution in [3.05, 3.63) is 0 Å². The minimum atomic E-state index is -0.770. The van der Waals surface area contributed by atoms with Crippen molar-refractivity contribution in [2.24, 2.45) is 5.73 Å². The molecule has 0 rings (SSSR count). The summed E-state index contributed by atoms with van der Waals surface area (Å²) in [5.41, 5.74) is 4.87. The lowest BCUT2D eigenvalue weighted by Gasteiger charge is -2.21. The molecule has 13 heavy (non-hydrogen) atoms. The van der Waals surface area contributed by atoms with Crippen LogP contribution in [-0.4, -0.2) is 29.5 Å². The van der Waals surface area contributed by atoms with Crippen LogP contribution in [0, 0.1) is 0 Å². The Hall–Kier alpha value is -0.220. The number of rotatable bonds is 5. The number of amides is 1. The molecule has 0 aromatic rings. The number of nitrogens with two attached hydrogens (primary N) is 1. The molecule has 0 saturated heterocycles. The Labute approximate surface area is 84.8 Å². The van der Waals surface area contributed by atoms with Crippen molar-refractivity contribution in [3.8, 4) is 0 Å². The van der Waals surface area contributed by atoms with Gasteiger partial charge in [0.15, 0.2) is 0 Å². The molecule has 3 nitrogen and oxygen atoms in total. The average molecular weight is 204 g/mol. The second-order valence-electron chi connectivity index (χ2n) is 3.88. The summed E-state index contributed by atoms with van der Waals surface area (Å²) in [6.07, 6.45) is 3.05. The molecule has 1 amide bonds. The standard InChI is InChI=1S/C9H20N2OS/c1-7(5-6-13-4)11-8(12)9(2,3)10/h7H,5-6,10H2,1-4H3,(H,11,12). The van der Waals surface area contributed by atoms with Crippen LogP contribution in [0.15, 0.2) is 0 Å². The normalized spacial score (nSPS) is 13.9. The van der Waals surface area contributed by atoms with E-state index in [1.165, 1.54) is 0 Å². The highest BCUT2D eigenvalue weighted by atomic mass is 32.2. The molecule has 0 aliphatic rings. The van der Waals surface area contributed by atoms with Crippen LogP contribution in [0.1, 0.15) is 27.2 Å². The van der Waals surface area contributed by atoms with Gasteiger partial charge in [-0.25, -0.2) is 0 Å². The van der Waals surface area contributed by atoms with Crippen molar-refractivity contribution in [2.45, 2.75) is 38.8 Å². The third-order valence-corrected chi connectivity index (χ3v) is 2.36. The number of carbonyl (C=O) groups excluding carboxylic acids is 1. The van der Waals surface area contributed by atoms with E-state index in [1.54, 1.807) is 25.6 Å². The smallest absolute Gasteiger partial charge is 0.239 e. The van der Waals surface area contributed by atoms with E-state index in [1.807, 2.05) is 6.92 Å². The quantitative estimate of drug-likeness (QED) is 0.702. The first kappa shape index (κ1) is 12.8. The zero-order chi connectivity index (χ0) is 10.5. The van der Waals surface area contributed by atoms with Crippen molar-refractivity contribution in [3.63, 3.8) is 0 Å². The zero-order valence-corrected chi connectivity index (χ0v) is 9.70. The van der Waals surface area contributed by atoms with Crippen molar-refractivity contribution in [2.75, 3.05) is 12.0 Å². The highest BCUT2D eigenvalue weighted by Gasteiger charge is 2.22. The Morgan fingerprint density at radius 2 is 2.15 bits per heavy atom. The molecule has 0 aliphatic carbocycles. The Morgan fingerprint density at radius 1 is 1.62 bits per heavy atom. The molecule has 3 N–H and O–H groups in total. The fraction of sp³-hybridized carbons (Fsp3) is 0.889. The first-order valence-electron chi connectivity index (χ1n) is 4.46. The summed E-state index contributed by atoms with van der Waals surface area (Å²) in [5.74, 6) is 0.980. The van der Waals surface area contributed by atoms with Gasteiger partial charge in [-0.3, -0.25) is 4.79 Å². The van der Waals surface area contributed by atoms with Crippen LogP contribution in [0.25, 0.3) is 0 Å². The number of hydrogen-bond donors (Lipinski definition) is 2. The minimum Gasteiger partial charge on any atom is -0.352 e. The van der Waals surface area contributed by atoms with Crippen molar-refractivity contribution >= 4 is 17.7 Å². The van der Waals surface area contributed by atoms with E-state index in [0.29, 0.717) is 0 Å². The van der Waals surface area contributed by atoms with E-state index < -0.39 is 5.54 Å². The molecule has 0 heterocycles. The van der Waals surface area contributed by atoms with Gasteiger partial charge in [-0.2, -0.15) is 11.8 Å². The van der Waals surface area contributed by atoms with Crippen LogP contribution >= 0.6 is 11.8 Å². The first-order chi connectivity index (χ1) is 5.88. The molecule has 1 atom stereocenters. The van der Waals surface area contributed by atoms with Gasteiger partial charge in [-0.1, -0.05) is 0 Å². The van der Waals surface area contributed by atoms with Crippen LogP contribution in [-0.2, 0) is 4.79 Å². The summed E-state index contributed by atoms with van der Waals surface area (Å²) in [5, 5.41) is 2.88. The summed E-state index contributed by atoms with van der Waals surface area (Å²) < 4.78 is 0. The monoisotopic (exact) mass is 204 g/mol. The third kappa shape index (κ3) is 5.93. The van der Waals surface area contributed by atoms with E-state index in [0.717, 1.165) is 12.2 Å². The van der Waals surface area contributed by atoms with Gasteiger partial charge in [-0.15, -0.1) is 0 Å². The van der Waals surface area contributed by atoms with Crippen LogP contribution < -0.4 is 11.1 Å². The summed E-state index contributed by atoms with van der Waals surface area (Å²) in [7, 11) is 0. The SMILES string of the molecule is CSCCC(C)NC(=O)C(C)(C)N. The second kappa shape index (κ2) is 5.50. The van der Waals surface area contributed by atoms with Gasteiger partial charge in [0.2, 0.25) is 5.91 Å². The number of thioether (sulfide) groups is 1. The summed E-state index contributed by atoms with van der Waals surface area (Å²) >= 11 is 1.78. The molecule has 0 aliphatic heterocycles. The summed E-state index contributed by atoms with van der Waals surface area (Å²) in [6.45, 7) is 5.42. The molecule has 0 aromatic heterocycles. The van der Waals surface area contributed by atoms with Gasteiger partial charge < -0.3 is 11.1 Å². The van der Waals surface area contributed by atoms with Crippen molar-refractivity contribution in [1.82, 2.24) is 5.32 Å². The van der Waals surface area contributed by atoms with E-state index in [2.05, 4.69) is 11.6 Å². The molecule has 78 valence electrons. The van der Waals surface area contributed by atoms with Crippen LogP contribution in [0.2, 0.25) is 0 Å². The molecule has 1 unspecified atom stereocenters. The fourth-order valence-electron chi connectivity index (χ4n) is 0.777. The van der Waals surface area contributed by atoms with Crippen LogP contribution in [0.4, 0.5) is 0 Å². The van der Waals surface area contributed by atoms with E-state index in [-0.39, 0.29) is 11.9 Å². The van der Waals surface area contributed by atoms with E-state index in [4.69, 9.17) is 5.73 Å². The number of hydrogen-bond acceptors (Lipinski definition) is 3. The molecule has 0 spiro atoms. The van der Waals surface area contributed by atoms with E-state index in [9.17, 15) is 4.79 Å². The van der Waals surface area contributed by atoms with Gasteiger partial charge >= 0.3 is 0 Å². The Morgan fingerprint density at radius 3 is 2.54 bits per heavy atom. The number of nitrogens with one attached hydrogen (secondary N) is 1. The molecule has 4 heteroatoms. The molecule has 0 fully saturated rings. The molecular formula is C9H20N2OS. The lowest BCUT2D eigenvalue weighted by atomic mass is 10.1. The van der Waals surface area contributed by atoms with Crippen LogP contribution in [0.3, 0.4) is 0 Å². The topological polar surface area (TPSA) is 55.1 Å². The van der Waals surface area contributed by atoms with Gasteiger partial charge in [-0.05, 0) is 39.2 Å². The zero-order valence-electron chi connectivity index (χ0n) is 8.89. The number of carbonyl (C=O) groups is 1. The third-order valence-electron chi connectivity index (χ3n) is 1.72. The predicted octanol–water partition coefficient (Wildman–Crippen LogP) is 0.981. The maximum Gasteiger partial charge on any atom is 0.239 e. The lowest BCUT2D eigenvalue weighted by Crippen LogP contribution is -2.51. The Kier molecular flexibility index (Phi) is 5.40. The Bertz CT molecular complexity index is 165. The fourth-order valence-corrected chi connectivity index (χ4v) is 1.37. The lowest BCUT2D eigenvalue weighted by molar-refractivity contribution is -0.125.